The number of carboxylic acids is 1. The summed E-state index contributed by atoms with van der Waals surface area (Å²) in [7, 11) is 0. The van der Waals surface area contributed by atoms with Crippen LogP contribution in [0.3, 0.4) is 0 Å². The van der Waals surface area contributed by atoms with Gasteiger partial charge in [0.05, 0.1) is 11.7 Å². The van der Waals surface area contributed by atoms with Crippen LogP contribution in [0.4, 0.5) is 0 Å². The zero-order valence-corrected chi connectivity index (χ0v) is 11.5. The molecule has 2 saturated heterocycles. The summed E-state index contributed by atoms with van der Waals surface area (Å²) in [6, 6.07) is -0.306. The van der Waals surface area contributed by atoms with E-state index in [2.05, 4.69) is 18.7 Å². The van der Waals surface area contributed by atoms with Gasteiger partial charge in [-0.1, -0.05) is 12.8 Å². The number of aliphatic carboxylic acids is 1. The lowest BCUT2D eigenvalue weighted by atomic mass is 10.0. The highest BCUT2D eigenvalue weighted by atomic mass is 16.5. The van der Waals surface area contributed by atoms with Gasteiger partial charge in [0.25, 0.3) is 0 Å². The molecule has 2 heterocycles. The van der Waals surface area contributed by atoms with Gasteiger partial charge in [-0.3, -0.25) is 9.69 Å². The van der Waals surface area contributed by atoms with Gasteiger partial charge in [-0.15, -0.1) is 0 Å². The Morgan fingerprint density at radius 1 is 1.33 bits per heavy atom. The Bertz CT molecular complexity index is 303. The molecule has 0 saturated carbocycles. The number of carbonyl (C=O) groups is 1. The topological polar surface area (TPSA) is 49.8 Å². The molecule has 2 rings (SSSR count). The van der Waals surface area contributed by atoms with Gasteiger partial charge in [0.15, 0.2) is 0 Å². The zero-order valence-electron chi connectivity index (χ0n) is 11.5. The third kappa shape index (κ3) is 3.45. The van der Waals surface area contributed by atoms with Crippen LogP contribution in [0.15, 0.2) is 0 Å². The molecule has 1 N–H and O–H groups in total. The van der Waals surface area contributed by atoms with Gasteiger partial charge in [-0.25, -0.2) is 0 Å². The maximum Gasteiger partial charge on any atom is 0.320 e. The van der Waals surface area contributed by atoms with Crippen LogP contribution in [-0.4, -0.2) is 46.8 Å². The fourth-order valence-electron chi connectivity index (χ4n) is 3.13. The molecule has 2 unspecified atom stereocenters. The van der Waals surface area contributed by atoms with E-state index in [0.717, 1.165) is 51.6 Å². The molecule has 0 spiro atoms. The molecule has 2 fully saturated rings. The first-order valence-corrected chi connectivity index (χ1v) is 7.13. The summed E-state index contributed by atoms with van der Waals surface area (Å²) >= 11 is 0. The van der Waals surface area contributed by atoms with E-state index in [1.165, 1.54) is 0 Å². The van der Waals surface area contributed by atoms with Gasteiger partial charge >= 0.3 is 5.97 Å². The van der Waals surface area contributed by atoms with Crippen molar-refractivity contribution in [3.8, 4) is 0 Å². The molecule has 0 aromatic heterocycles. The van der Waals surface area contributed by atoms with Crippen LogP contribution < -0.4 is 0 Å². The van der Waals surface area contributed by atoms with Crippen molar-refractivity contribution >= 4 is 5.97 Å². The van der Waals surface area contributed by atoms with Gasteiger partial charge in [0, 0.05) is 6.54 Å². The van der Waals surface area contributed by atoms with Crippen molar-refractivity contribution in [3.05, 3.63) is 0 Å². The fraction of sp³-hybridized carbons (Fsp3) is 0.929. The van der Waals surface area contributed by atoms with E-state index in [-0.39, 0.29) is 17.7 Å². The summed E-state index contributed by atoms with van der Waals surface area (Å²) in [6.45, 7) is 5.91. The largest absolute Gasteiger partial charge is 0.480 e. The Kier molecular flexibility index (Phi) is 4.28. The van der Waals surface area contributed by atoms with Crippen LogP contribution in [0.25, 0.3) is 0 Å². The molecule has 4 nitrogen and oxygen atoms in total. The molecule has 2 aliphatic heterocycles. The molecule has 0 amide bonds. The summed E-state index contributed by atoms with van der Waals surface area (Å²) < 4.78 is 5.99. The molecule has 18 heavy (non-hydrogen) atoms. The number of likely N-dealkylation sites (tertiary alicyclic amines) is 1. The highest BCUT2D eigenvalue weighted by Crippen LogP contribution is 2.30. The Hall–Kier alpha value is -0.610. The number of nitrogens with zero attached hydrogens (tertiary/aromatic N) is 1. The van der Waals surface area contributed by atoms with Crippen LogP contribution in [0, 0.1) is 0 Å². The number of ether oxygens (including phenoxy) is 1. The molecule has 0 aliphatic carbocycles. The average Bonchev–Trinajstić information content (AvgIpc) is 2.50. The van der Waals surface area contributed by atoms with Crippen molar-refractivity contribution in [2.45, 2.75) is 70.1 Å². The second-order valence-electron chi connectivity index (χ2n) is 6.24. The molecule has 0 radical (unpaired) electrons. The Morgan fingerprint density at radius 3 is 2.72 bits per heavy atom. The maximum absolute atomic E-state index is 11.3. The van der Waals surface area contributed by atoms with E-state index in [1.807, 2.05) is 0 Å². The zero-order chi connectivity index (χ0) is 13.2. The lowest BCUT2D eigenvalue weighted by molar-refractivity contribution is -0.144. The molecule has 104 valence electrons. The Labute approximate surface area is 109 Å². The second kappa shape index (κ2) is 5.57. The molecule has 2 aliphatic rings. The van der Waals surface area contributed by atoms with Crippen LogP contribution in [-0.2, 0) is 9.53 Å². The quantitative estimate of drug-likeness (QED) is 0.840. The monoisotopic (exact) mass is 255 g/mol. The van der Waals surface area contributed by atoms with Crippen LogP contribution in [0.5, 0.6) is 0 Å². The molecular formula is C14H25NO3. The second-order valence-corrected chi connectivity index (χ2v) is 6.24. The summed E-state index contributed by atoms with van der Waals surface area (Å²) in [4.78, 5) is 13.5. The predicted molar refractivity (Wildman–Crippen MR) is 69.7 cm³/mol. The van der Waals surface area contributed by atoms with E-state index in [0.29, 0.717) is 0 Å². The first-order valence-electron chi connectivity index (χ1n) is 7.13. The number of carboxylic acid groups (broad SMARTS) is 1. The molecule has 0 bridgehead atoms. The fourth-order valence-corrected chi connectivity index (χ4v) is 3.13. The summed E-state index contributed by atoms with van der Waals surface area (Å²) in [6.07, 6.45) is 6.41. The summed E-state index contributed by atoms with van der Waals surface area (Å²) in [5, 5.41) is 9.33. The van der Waals surface area contributed by atoms with Crippen molar-refractivity contribution < 1.29 is 14.6 Å². The van der Waals surface area contributed by atoms with Crippen LogP contribution in [0.2, 0.25) is 0 Å². The van der Waals surface area contributed by atoms with Crippen molar-refractivity contribution in [2.24, 2.45) is 0 Å². The van der Waals surface area contributed by atoms with Crippen molar-refractivity contribution in [2.75, 3.05) is 13.1 Å². The lowest BCUT2D eigenvalue weighted by Crippen LogP contribution is -2.44. The third-order valence-corrected chi connectivity index (χ3v) is 4.14. The molecule has 2 atom stereocenters. The first-order chi connectivity index (χ1) is 8.48. The molecular weight excluding hydrogens is 230 g/mol. The minimum atomic E-state index is -0.672. The number of rotatable bonds is 3. The summed E-state index contributed by atoms with van der Waals surface area (Å²) in [5.74, 6) is -0.672. The normalized spacial score (nSPS) is 33.2. The van der Waals surface area contributed by atoms with E-state index in [1.54, 1.807) is 0 Å². The van der Waals surface area contributed by atoms with Crippen LogP contribution >= 0.6 is 0 Å². The van der Waals surface area contributed by atoms with Gasteiger partial charge in [-0.2, -0.15) is 0 Å². The first kappa shape index (κ1) is 13.8. The number of hydrogen-bond donors (Lipinski definition) is 1. The smallest absolute Gasteiger partial charge is 0.320 e. The van der Waals surface area contributed by atoms with Crippen LogP contribution in [0.1, 0.15) is 52.4 Å². The Balaban J connectivity index is 1.94. The molecule has 0 aromatic carbocycles. The van der Waals surface area contributed by atoms with E-state index in [9.17, 15) is 9.90 Å². The SMILES string of the molecule is CC1(C)CCC(CN2CCCCCC2C(=O)O)O1. The summed E-state index contributed by atoms with van der Waals surface area (Å²) in [5.41, 5.74) is -0.0325. The molecule has 0 aromatic rings. The van der Waals surface area contributed by atoms with E-state index >= 15 is 0 Å². The predicted octanol–water partition coefficient (Wildman–Crippen LogP) is 2.27. The standard InChI is InChI=1S/C14H25NO3/c1-14(2)8-7-11(18-14)10-15-9-5-3-4-6-12(15)13(16)17/h11-12H,3-10H2,1-2H3,(H,16,17). The third-order valence-electron chi connectivity index (χ3n) is 4.14. The van der Waals surface area contributed by atoms with E-state index in [4.69, 9.17) is 4.74 Å². The maximum atomic E-state index is 11.3. The molecule has 4 heteroatoms. The number of hydrogen-bond acceptors (Lipinski definition) is 3. The van der Waals surface area contributed by atoms with E-state index < -0.39 is 5.97 Å². The lowest BCUT2D eigenvalue weighted by Gasteiger charge is -2.30. The van der Waals surface area contributed by atoms with Gasteiger partial charge < -0.3 is 9.84 Å². The minimum absolute atomic E-state index is 0.0325. The van der Waals surface area contributed by atoms with Gasteiger partial charge in [-0.05, 0) is 46.1 Å². The minimum Gasteiger partial charge on any atom is -0.480 e. The Morgan fingerprint density at radius 2 is 2.11 bits per heavy atom. The highest BCUT2D eigenvalue weighted by Gasteiger charge is 2.35. The highest BCUT2D eigenvalue weighted by molar-refractivity contribution is 5.73. The average molecular weight is 255 g/mol. The van der Waals surface area contributed by atoms with Gasteiger partial charge in [0.2, 0.25) is 0 Å². The van der Waals surface area contributed by atoms with Gasteiger partial charge in [0.1, 0.15) is 6.04 Å². The van der Waals surface area contributed by atoms with Crippen molar-refractivity contribution in [1.82, 2.24) is 4.90 Å². The van der Waals surface area contributed by atoms with Crippen molar-refractivity contribution in [1.29, 1.82) is 0 Å². The van der Waals surface area contributed by atoms with Crippen molar-refractivity contribution in [3.63, 3.8) is 0 Å².